The first-order valence-electron chi connectivity index (χ1n) is 20.7. The monoisotopic (exact) mass is 752 g/mol. The molecule has 2 atom stereocenters. The van der Waals surface area contributed by atoms with E-state index in [4.69, 9.17) is 14.2 Å². The van der Waals surface area contributed by atoms with Crippen molar-refractivity contribution in [3.63, 3.8) is 0 Å². The Labute approximate surface area is 329 Å². The number of aromatic nitrogens is 7. The van der Waals surface area contributed by atoms with Crippen LogP contribution < -0.4 is 4.74 Å². The zero-order valence-electron chi connectivity index (χ0n) is 32.5. The van der Waals surface area contributed by atoms with E-state index in [1.54, 1.807) is 0 Å². The van der Waals surface area contributed by atoms with Crippen molar-refractivity contribution in [2.24, 2.45) is 5.92 Å². The molecule has 3 aromatic heterocycles. The molecule has 1 unspecified atom stereocenters. The van der Waals surface area contributed by atoms with E-state index in [1.807, 2.05) is 27.7 Å². The fourth-order valence-electron chi connectivity index (χ4n) is 8.15. The third kappa shape index (κ3) is 9.21. The first-order valence-corrected chi connectivity index (χ1v) is 20.7. The maximum atomic E-state index is 6.85. The molecule has 5 aromatic rings. The van der Waals surface area contributed by atoms with Gasteiger partial charge in [0, 0.05) is 80.7 Å². The van der Waals surface area contributed by atoms with Gasteiger partial charge in [0.25, 0.3) is 0 Å². The molecule has 6 heterocycles. The fourth-order valence-corrected chi connectivity index (χ4v) is 8.15. The largest absolute Gasteiger partial charge is 0.487 e. The molecular formula is C45H52N8O3. The van der Waals surface area contributed by atoms with Crippen molar-refractivity contribution in [2.45, 2.75) is 109 Å². The third-order valence-electron chi connectivity index (χ3n) is 11.6. The van der Waals surface area contributed by atoms with Crippen LogP contribution in [0.4, 0.5) is 0 Å². The van der Waals surface area contributed by atoms with Crippen molar-refractivity contribution in [1.82, 2.24) is 39.9 Å². The summed E-state index contributed by atoms with van der Waals surface area (Å²) in [4.78, 5) is 6.91. The zero-order valence-corrected chi connectivity index (χ0v) is 32.5. The molecule has 11 nitrogen and oxygen atoms in total. The van der Waals surface area contributed by atoms with Crippen molar-refractivity contribution in [2.75, 3.05) is 26.3 Å². The highest BCUT2D eigenvalue weighted by Gasteiger charge is 2.30. The minimum Gasteiger partial charge on any atom is -0.487 e. The summed E-state index contributed by atoms with van der Waals surface area (Å²) in [5.41, 5.74) is 9.72. The van der Waals surface area contributed by atoms with Gasteiger partial charge in [-0.25, -0.2) is 9.36 Å². The van der Waals surface area contributed by atoms with E-state index in [2.05, 4.69) is 98.1 Å². The highest BCUT2D eigenvalue weighted by molar-refractivity contribution is 5.67. The van der Waals surface area contributed by atoms with Gasteiger partial charge in [-0.2, -0.15) is 0 Å². The lowest BCUT2D eigenvalue weighted by molar-refractivity contribution is 0.00356. The van der Waals surface area contributed by atoms with Gasteiger partial charge in [0.2, 0.25) is 0 Å². The Balaban J connectivity index is 0.998. The molecule has 0 spiro atoms. The summed E-state index contributed by atoms with van der Waals surface area (Å²) >= 11 is 0. The van der Waals surface area contributed by atoms with Crippen LogP contribution in [0.25, 0.3) is 11.3 Å². The van der Waals surface area contributed by atoms with Crippen LogP contribution in [-0.2, 0) is 41.9 Å². The molecule has 1 aliphatic carbocycles. The predicted molar refractivity (Wildman–Crippen MR) is 213 cm³/mol. The average molecular weight is 753 g/mol. The summed E-state index contributed by atoms with van der Waals surface area (Å²) < 4.78 is 22.7. The molecule has 4 fully saturated rings. The fraction of sp³-hybridized carbons (Fsp3) is 0.489. The van der Waals surface area contributed by atoms with Crippen molar-refractivity contribution >= 4 is 0 Å². The zero-order chi connectivity index (χ0) is 37.7. The average Bonchev–Trinajstić information content (AvgIpc) is 3.77. The van der Waals surface area contributed by atoms with E-state index < -0.39 is 0 Å². The molecular weight excluding hydrogens is 701 g/mol. The van der Waals surface area contributed by atoms with Gasteiger partial charge < -0.3 is 14.2 Å². The van der Waals surface area contributed by atoms with E-state index in [9.17, 15) is 0 Å². The first-order chi connectivity index (χ1) is 27.6. The quantitative estimate of drug-likeness (QED) is 0.123. The number of nitrogens with zero attached hydrogens (tertiary/aromatic N) is 8. The Hall–Kier alpha value is -4.89. The Morgan fingerprint density at radius 1 is 0.786 bits per heavy atom. The minimum absolute atomic E-state index is 0.0989. The van der Waals surface area contributed by atoms with Crippen molar-refractivity contribution < 1.29 is 14.2 Å². The number of likely N-dealkylation sites (tertiary alicyclic amines) is 1. The molecule has 0 N–H and O–H groups in total. The van der Waals surface area contributed by atoms with Crippen LogP contribution in [0.1, 0.15) is 90.6 Å². The molecule has 3 saturated heterocycles. The van der Waals surface area contributed by atoms with Crippen LogP contribution in [-0.4, -0.2) is 84.5 Å². The Morgan fingerprint density at radius 2 is 1.57 bits per heavy atom. The normalized spacial score (nSPS) is 20.3. The Bertz CT molecular complexity index is 2150. The topological polar surface area (TPSA) is 105 Å². The lowest BCUT2D eigenvalue weighted by atomic mass is 9.90. The van der Waals surface area contributed by atoms with Gasteiger partial charge in [0.15, 0.2) is 0 Å². The molecule has 9 rings (SSSR count). The SMILES string of the molecule is Cc1c(-c2cn(CC3CCCCO3)nn2)ccc(OC2CN(Cc3ccccn3)C2)c1Cc1ccc(C#CC2CC2)cc1Cc1cn(C[C@@H]2CCCCO2)nn1. The number of hydrogen-bond acceptors (Lipinski definition) is 9. The van der Waals surface area contributed by atoms with Gasteiger partial charge in [-0.05, 0) is 111 Å². The lowest BCUT2D eigenvalue weighted by Crippen LogP contribution is -2.53. The second kappa shape index (κ2) is 17.1. The molecule has 3 aliphatic heterocycles. The van der Waals surface area contributed by atoms with E-state index in [1.165, 1.54) is 36.8 Å². The number of rotatable bonds is 13. The first kappa shape index (κ1) is 36.7. The standard InChI is InChI=1S/C45H52N8O3/c1-32-42(44-31-53(50-48-44)30-40-10-4-7-21-55-40)17-18-45(56-41-27-51(28-41)25-37-8-2-5-19-46-37)43(32)24-35-16-15-34(14-13-33-11-12-33)22-36(35)23-38-26-52(49-47-38)29-39-9-3-6-20-54-39/h2,5,8,15-19,22,26,31,33,39-41H,3-4,6-7,9-12,20-21,23-25,27-30H2,1H3/t39-,40?/m0/s1. The van der Waals surface area contributed by atoms with Crippen molar-refractivity contribution in [3.8, 4) is 28.8 Å². The van der Waals surface area contributed by atoms with Crippen LogP contribution in [0, 0.1) is 24.7 Å². The van der Waals surface area contributed by atoms with Gasteiger partial charge in [-0.1, -0.05) is 34.4 Å². The molecule has 290 valence electrons. The maximum absolute atomic E-state index is 6.85. The Kier molecular flexibility index (Phi) is 11.2. The number of pyridine rings is 1. The highest BCUT2D eigenvalue weighted by atomic mass is 16.5. The van der Waals surface area contributed by atoms with E-state index in [0.717, 1.165) is 110 Å². The Morgan fingerprint density at radius 3 is 2.30 bits per heavy atom. The van der Waals surface area contributed by atoms with Crippen LogP contribution in [0.3, 0.4) is 0 Å². The van der Waals surface area contributed by atoms with Gasteiger partial charge in [0.1, 0.15) is 17.5 Å². The maximum Gasteiger partial charge on any atom is 0.124 e. The predicted octanol–water partition coefficient (Wildman–Crippen LogP) is 6.58. The molecule has 56 heavy (non-hydrogen) atoms. The number of ether oxygens (including phenoxy) is 3. The second-order valence-electron chi connectivity index (χ2n) is 16.1. The molecule has 0 amide bonds. The minimum atomic E-state index is 0.0989. The summed E-state index contributed by atoms with van der Waals surface area (Å²) in [6.07, 6.45) is 17.0. The molecule has 0 bridgehead atoms. The summed E-state index contributed by atoms with van der Waals surface area (Å²) in [7, 11) is 0. The highest BCUT2D eigenvalue weighted by Crippen LogP contribution is 2.35. The molecule has 0 radical (unpaired) electrons. The van der Waals surface area contributed by atoms with Crippen molar-refractivity contribution in [3.05, 3.63) is 106 Å². The van der Waals surface area contributed by atoms with Gasteiger partial charge in [-0.3, -0.25) is 9.88 Å². The number of hydrogen-bond donors (Lipinski definition) is 0. The lowest BCUT2D eigenvalue weighted by Gasteiger charge is -2.39. The van der Waals surface area contributed by atoms with Crippen molar-refractivity contribution in [1.29, 1.82) is 0 Å². The van der Waals surface area contributed by atoms with Crippen LogP contribution >= 0.6 is 0 Å². The number of benzene rings is 2. The summed E-state index contributed by atoms with van der Waals surface area (Å²) in [6.45, 7) is 7.84. The molecule has 1 saturated carbocycles. The molecule has 4 aliphatic rings. The summed E-state index contributed by atoms with van der Waals surface area (Å²) in [6, 6.07) is 17.1. The second-order valence-corrected chi connectivity index (χ2v) is 16.1. The molecule has 2 aromatic carbocycles. The van der Waals surface area contributed by atoms with E-state index in [0.29, 0.717) is 25.3 Å². The smallest absolute Gasteiger partial charge is 0.124 e. The van der Waals surface area contributed by atoms with E-state index >= 15 is 0 Å². The van der Waals surface area contributed by atoms with Gasteiger partial charge in [0.05, 0.1) is 42.9 Å². The third-order valence-corrected chi connectivity index (χ3v) is 11.6. The molecule has 11 heteroatoms. The summed E-state index contributed by atoms with van der Waals surface area (Å²) in [5.74, 6) is 8.37. The van der Waals surface area contributed by atoms with Crippen LogP contribution in [0.15, 0.2) is 67.1 Å². The van der Waals surface area contributed by atoms with Crippen LogP contribution in [0.5, 0.6) is 5.75 Å². The van der Waals surface area contributed by atoms with Gasteiger partial charge >= 0.3 is 0 Å². The van der Waals surface area contributed by atoms with E-state index in [-0.39, 0.29) is 18.3 Å². The summed E-state index contributed by atoms with van der Waals surface area (Å²) in [5, 5.41) is 18.3. The van der Waals surface area contributed by atoms with Crippen LogP contribution in [0.2, 0.25) is 0 Å². The van der Waals surface area contributed by atoms with Gasteiger partial charge in [-0.15, -0.1) is 10.2 Å².